The Labute approximate surface area is 94.4 Å². The first kappa shape index (κ1) is 12.3. The van der Waals surface area contributed by atoms with E-state index in [2.05, 4.69) is 10.6 Å². The minimum Gasteiger partial charge on any atom is -0.495 e. The van der Waals surface area contributed by atoms with Crippen LogP contribution in [0.2, 0.25) is 0 Å². The summed E-state index contributed by atoms with van der Waals surface area (Å²) in [5.74, 6) is 0.592. The van der Waals surface area contributed by atoms with Gasteiger partial charge < -0.3 is 20.5 Å². The van der Waals surface area contributed by atoms with Crippen LogP contribution in [0.4, 0.5) is 10.5 Å². The zero-order chi connectivity index (χ0) is 12.0. The third kappa shape index (κ3) is 3.78. The first-order valence-electron chi connectivity index (χ1n) is 4.99. The molecule has 0 aliphatic rings. The predicted octanol–water partition coefficient (Wildman–Crippen LogP) is 1.20. The van der Waals surface area contributed by atoms with Gasteiger partial charge in [-0.3, -0.25) is 0 Å². The van der Waals surface area contributed by atoms with Crippen LogP contribution < -0.4 is 15.4 Å². The van der Waals surface area contributed by atoms with E-state index in [0.29, 0.717) is 11.4 Å². The van der Waals surface area contributed by atoms with Crippen molar-refractivity contribution in [1.82, 2.24) is 5.32 Å². The van der Waals surface area contributed by atoms with E-state index in [-0.39, 0.29) is 12.6 Å². The van der Waals surface area contributed by atoms with Gasteiger partial charge in [0.25, 0.3) is 0 Å². The van der Waals surface area contributed by atoms with E-state index in [0.717, 1.165) is 0 Å². The molecular weight excluding hydrogens is 208 g/mol. The van der Waals surface area contributed by atoms with Crippen molar-refractivity contribution in [2.24, 2.45) is 0 Å². The number of para-hydroxylation sites is 2. The second-order valence-corrected chi connectivity index (χ2v) is 3.38. The van der Waals surface area contributed by atoms with Crippen molar-refractivity contribution in [3.63, 3.8) is 0 Å². The summed E-state index contributed by atoms with van der Waals surface area (Å²) in [4.78, 5) is 11.4. The molecule has 0 aromatic heterocycles. The summed E-state index contributed by atoms with van der Waals surface area (Å²) in [7, 11) is 1.54. The number of nitrogens with one attached hydrogen (secondary N) is 2. The topological polar surface area (TPSA) is 70.6 Å². The van der Waals surface area contributed by atoms with Crippen molar-refractivity contribution >= 4 is 11.7 Å². The van der Waals surface area contributed by atoms with E-state index in [1.807, 2.05) is 6.07 Å². The van der Waals surface area contributed by atoms with E-state index in [4.69, 9.17) is 9.84 Å². The number of rotatable bonds is 4. The van der Waals surface area contributed by atoms with Gasteiger partial charge in [0, 0.05) is 6.54 Å². The maximum absolute atomic E-state index is 11.4. The highest BCUT2D eigenvalue weighted by molar-refractivity contribution is 5.90. The fourth-order valence-corrected chi connectivity index (χ4v) is 1.15. The van der Waals surface area contributed by atoms with Crippen LogP contribution in [0, 0.1) is 0 Å². The first-order valence-corrected chi connectivity index (χ1v) is 4.99. The first-order chi connectivity index (χ1) is 7.63. The maximum Gasteiger partial charge on any atom is 0.319 e. The maximum atomic E-state index is 11.4. The molecule has 2 amide bonds. The van der Waals surface area contributed by atoms with Crippen molar-refractivity contribution in [3.05, 3.63) is 24.3 Å². The molecule has 1 rings (SSSR count). The van der Waals surface area contributed by atoms with Gasteiger partial charge in [0.1, 0.15) is 5.75 Å². The lowest BCUT2D eigenvalue weighted by Crippen LogP contribution is -2.34. The quantitative estimate of drug-likeness (QED) is 0.719. The number of benzene rings is 1. The largest absolute Gasteiger partial charge is 0.495 e. The molecule has 0 fully saturated rings. The number of anilines is 1. The van der Waals surface area contributed by atoms with Crippen LogP contribution >= 0.6 is 0 Å². The number of carbonyl (C=O) groups excluding carboxylic acids is 1. The molecular formula is C11H16N2O3. The summed E-state index contributed by atoms with van der Waals surface area (Å²) >= 11 is 0. The van der Waals surface area contributed by atoms with Crippen molar-refractivity contribution in [3.8, 4) is 5.75 Å². The monoisotopic (exact) mass is 224 g/mol. The number of hydrogen-bond donors (Lipinski definition) is 3. The van der Waals surface area contributed by atoms with Crippen molar-refractivity contribution in [1.29, 1.82) is 0 Å². The van der Waals surface area contributed by atoms with Crippen LogP contribution in [-0.2, 0) is 0 Å². The van der Waals surface area contributed by atoms with Gasteiger partial charge >= 0.3 is 6.03 Å². The van der Waals surface area contributed by atoms with Crippen LogP contribution in [0.25, 0.3) is 0 Å². The fourth-order valence-electron chi connectivity index (χ4n) is 1.15. The van der Waals surface area contributed by atoms with Crippen LogP contribution in [-0.4, -0.2) is 30.9 Å². The van der Waals surface area contributed by atoms with Gasteiger partial charge in [0.2, 0.25) is 0 Å². The van der Waals surface area contributed by atoms with Gasteiger partial charge in [-0.2, -0.15) is 0 Å². The Kier molecular flexibility index (Phi) is 4.60. The van der Waals surface area contributed by atoms with E-state index < -0.39 is 6.10 Å². The average molecular weight is 224 g/mol. The number of aliphatic hydroxyl groups excluding tert-OH is 1. The predicted molar refractivity (Wildman–Crippen MR) is 61.7 cm³/mol. The highest BCUT2D eigenvalue weighted by Gasteiger charge is 2.06. The molecule has 1 aromatic rings. The van der Waals surface area contributed by atoms with Gasteiger partial charge in [-0.05, 0) is 19.1 Å². The van der Waals surface area contributed by atoms with Crippen LogP contribution in [0.5, 0.6) is 5.75 Å². The second kappa shape index (κ2) is 5.97. The van der Waals surface area contributed by atoms with Gasteiger partial charge in [-0.15, -0.1) is 0 Å². The van der Waals surface area contributed by atoms with E-state index in [9.17, 15) is 4.79 Å². The van der Waals surface area contributed by atoms with E-state index in [1.54, 1.807) is 25.1 Å². The van der Waals surface area contributed by atoms with Crippen molar-refractivity contribution < 1.29 is 14.6 Å². The Morgan fingerprint density at radius 1 is 1.50 bits per heavy atom. The number of amides is 2. The molecule has 0 saturated heterocycles. The number of hydrogen-bond acceptors (Lipinski definition) is 3. The zero-order valence-corrected chi connectivity index (χ0v) is 9.36. The zero-order valence-electron chi connectivity index (χ0n) is 9.36. The van der Waals surface area contributed by atoms with Gasteiger partial charge in [0.15, 0.2) is 0 Å². The van der Waals surface area contributed by atoms with Crippen molar-refractivity contribution in [2.75, 3.05) is 19.0 Å². The molecule has 0 unspecified atom stereocenters. The Morgan fingerprint density at radius 2 is 2.19 bits per heavy atom. The van der Waals surface area contributed by atoms with Gasteiger partial charge in [0.05, 0.1) is 18.9 Å². The lowest BCUT2D eigenvalue weighted by Gasteiger charge is -2.11. The second-order valence-electron chi connectivity index (χ2n) is 3.38. The highest BCUT2D eigenvalue weighted by Crippen LogP contribution is 2.22. The van der Waals surface area contributed by atoms with Crippen LogP contribution in [0.1, 0.15) is 6.92 Å². The van der Waals surface area contributed by atoms with Crippen LogP contribution in [0.3, 0.4) is 0 Å². The minimum absolute atomic E-state index is 0.209. The molecule has 0 bridgehead atoms. The summed E-state index contributed by atoms with van der Waals surface area (Å²) in [5, 5.41) is 14.2. The Morgan fingerprint density at radius 3 is 2.81 bits per heavy atom. The Balaban J connectivity index is 2.55. The molecule has 0 spiro atoms. The standard InChI is InChI=1S/C11H16N2O3/c1-8(14)7-12-11(15)13-9-5-3-4-6-10(9)16-2/h3-6,8,14H,7H2,1-2H3,(H2,12,13,15)/t8-/m1/s1. The number of carbonyl (C=O) groups is 1. The lowest BCUT2D eigenvalue weighted by atomic mass is 10.3. The minimum atomic E-state index is -0.566. The van der Waals surface area contributed by atoms with E-state index >= 15 is 0 Å². The number of urea groups is 1. The molecule has 88 valence electrons. The highest BCUT2D eigenvalue weighted by atomic mass is 16.5. The SMILES string of the molecule is COc1ccccc1NC(=O)NC[C@@H](C)O. The van der Waals surface area contributed by atoms with Gasteiger partial charge in [-0.25, -0.2) is 4.79 Å². The average Bonchev–Trinajstić information content (AvgIpc) is 2.27. The normalized spacial score (nSPS) is 11.7. The summed E-state index contributed by atoms with van der Waals surface area (Å²) in [6.07, 6.45) is -0.566. The van der Waals surface area contributed by atoms with E-state index in [1.165, 1.54) is 7.11 Å². The third-order valence-corrected chi connectivity index (χ3v) is 1.91. The molecule has 16 heavy (non-hydrogen) atoms. The summed E-state index contributed by atoms with van der Waals surface area (Å²) in [6, 6.07) is 6.74. The molecule has 3 N–H and O–H groups in total. The molecule has 1 atom stereocenters. The molecule has 1 aromatic carbocycles. The molecule has 0 aliphatic heterocycles. The summed E-state index contributed by atoms with van der Waals surface area (Å²) < 4.78 is 5.08. The number of methoxy groups -OCH3 is 1. The summed E-state index contributed by atoms with van der Waals surface area (Å²) in [5.41, 5.74) is 0.591. The molecule has 0 heterocycles. The molecule has 5 heteroatoms. The smallest absolute Gasteiger partial charge is 0.319 e. The number of aliphatic hydroxyl groups is 1. The Bertz CT molecular complexity index is 353. The van der Waals surface area contributed by atoms with Gasteiger partial charge in [-0.1, -0.05) is 12.1 Å². The molecule has 5 nitrogen and oxygen atoms in total. The fraction of sp³-hybridized carbons (Fsp3) is 0.364. The third-order valence-electron chi connectivity index (χ3n) is 1.91. The molecule has 0 saturated carbocycles. The van der Waals surface area contributed by atoms with Crippen LogP contribution in [0.15, 0.2) is 24.3 Å². The lowest BCUT2D eigenvalue weighted by molar-refractivity contribution is 0.190. The van der Waals surface area contributed by atoms with Crippen molar-refractivity contribution in [2.45, 2.75) is 13.0 Å². The molecule has 0 aliphatic carbocycles. The summed E-state index contributed by atoms with van der Waals surface area (Å²) in [6.45, 7) is 1.81. The molecule has 0 radical (unpaired) electrons. The number of ether oxygens (including phenoxy) is 1. The Hall–Kier alpha value is -1.75.